The van der Waals surface area contributed by atoms with Gasteiger partial charge in [0.15, 0.2) is 9.49 Å². The Balaban J connectivity index is 1.51. The number of carbonyl (C=O) groups excluding carboxylic acids is 2. The Morgan fingerprint density at radius 1 is 0.583 bits per heavy atom. The van der Waals surface area contributed by atoms with Crippen LogP contribution >= 0.6 is 0 Å². The van der Waals surface area contributed by atoms with E-state index in [9.17, 15) is 35.5 Å². The molecular weight excluding hydrogens is 657 g/mol. The summed E-state index contributed by atoms with van der Waals surface area (Å²) in [6, 6.07) is 22.0. The predicted octanol–water partition coefficient (Wildman–Crippen LogP) is 4.04. The number of ketones is 2. The predicted molar refractivity (Wildman–Crippen MR) is 180 cm³/mol. The summed E-state index contributed by atoms with van der Waals surface area (Å²) < 4.78 is 70.5. The molecule has 246 valence electrons. The third kappa shape index (κ3) is 4.63. The molecule has 0 saturated carbocycles. The molecule has 2 aliphatic carbocycles. The Hall–Kier alpha value is -5.02. The van der Waals surface area contributed by atoms with Gasteiger partial charge in [-0.05, 0) is 58.4 Å². The van der Waals surface area contributed by atoms with Crippen molar-refractivity contribution in [1.29, 1.82) is 0 Å². The highest BCUT2D eigenvalue weighted by Gasteiger charge is 2.55. The summed E-state index contributed by atoms with van der Waals surface area (Å²) in [7, 11) is -9.83. The maximum absolute atomic E-state index is 13.3. The van der Waals surface area contributed by atoms with E-state index in [1.807, 2.05) is 0 Å². The average molecular weight is 687 g/mol. The second-order valence-corrected chi connectivity index (χ2v) is 15.2. The normalized spacial score (nSPS) is 22.8. The van der Waals surface area contributed by atoms with Crippen LogP contribution in [0.5, 0.6) is 0 Å². The molecule has 0 amide bonds. The fraction of sp³-hybridized carbons (Fsp3) is 0.176. The van der Waals surface area contributed by atoms with Crippen LogP contribution in [0.15, 0.2) is 95.1 Å². The molecule has 4 aromatic carbocycles. The molecule has 2 unspecified atom stereocenters. The first kappa shape index (κ1) is 32.9. The number of nitrogens with two attached hydrogens (primary N) is 2. The summed E-state index contributed by atoms with van der Waals surface area (Å²) >= 11 is 0. The SMILES string of the molecule is Cc1cc(-c2ccc(C3(S(=O)(=O)O)C/C(=N\N)C(=O)c4ccccc43)c(C)c2)ccc1C1(S(=O)(=O)O)C/C(=N/N)C(=O)c2ccccc21. The molecule has 0 aliphatic heterocycles. The molecule has 6 N–H and O–H groups in total. The lowest BCUT2D eigenvalue weighted by atomic mass is 9.74. The summed E-state index contributed by atoms with van der Waals surface area (Å²) in [5, 5.41) is 7.12. The number of aryl methyl sites for hydroxylation is 2. The average Bonchev–Trinajstić information content (AvgIpc) is 3.05. The maximum atomic E-state index is 13.3. The van der Waals surface area contributed by atoms with Crippen LogP contribution in [0.3, 0.4) is 0 Å². The van der Waals surface area contributed by atoms with E-state index in [2.05, 4.69) is 10.2 Å². The number of nitrogens with zero attached hydrogens (tertiary/aromatic N) is 2. The van der Waals surface area contributed by atoms with Gasteiger partial charge in [-0.3, -0.25) is 18.7 Å². The number of hydrogen-bond acceptors (Lipinski definition) is 10. The Morgan fingerprint density at radius 3 is 1.25 bits per heavy atom. The minimum atomic E-state index is -4.91. The minimum Gasteiger partial charge on any atom is -0.323 e. The molecule has 0 spiro atoms. The molecule has 14 heteroatoms. The number of Topliss-reactive ketones (excluding diaryl/α,β-unsaturated/α-hetero) is 2. The van der Waals surface area contributed by atoms with Crippen molar-refractivity contribution in [1.82, 2.24) is 0 Å². The summed E-state index contributed by atoms with van der Waals surface area (Å²) in [5.74, 6) is 9.94. The van der Waals surface area contributed by atoms with E-state index in [1.54, 1.807) is 74.5 Å². The Morgan fingerprint density at radius 2 is 0.938 bits per heavy atom. The van der Waals surface area contributed by atoms with Gasteiger partial charge >= 0.3 is 0 Å². The Bertz CT molecular complexity index is 2190. The number of hydrogen-bond donors (Lipinski definition) is 4. The number of rotatable bonds is 5. The smallest absolute Gasteiger partial charge is 0.279 e. The van der Waals surface area contributed by atoms with E-state index in [-0.39, 0.29) is 44.8 Å². The molecule has 2 aliphatic rings. The molecule has 0 aromatic heterocycles. The third-order valence-corrected chi connectivity index (χ3v) is 12.3. The Labute approximate surface area is 276 Å². The van der Waals surface area contributed by atoms with Gasteiger partial charge in [-0.1, -0.05) is 84.9 Å². The minimum absolute atomic E-state index is 0.0573. The van der Waals surface area contributed by atoms with Crippen molar-refractivity contribution < 1.29 is 35.5 Å². The maximum Gasteiger partial charge on any atom is 0.279 e. The van der Waals surface area contributed by atoms with Crippen LogP contribution in [0.25, 0.3) is 11.1 Å². The zero-order chi connectivity index (χ0) is 34.8. The van der Waals surface area contributed by atoms with Crippen LogP contribution in [0.2, 0.25) is 0 Å². The van der Waals surface area contributed by atoms with Gasteiger partial charge in [-0.15, -0.1) is 0 Å². The number of carbonyl (C=O) groups is 2. The highest BCUT2D eigenvalue weighted by atomic mass is 32.2. The largest absolute Gasteiger partial charge is 0.323 e. The van der Waals surface area contributed by atoms with Gasteiger partial charge in [0.1, 0.15) is 11.4 Å². The van der Waals surface area contributed by atoms with Crippen molar-refractivity contribution in [3.63, 3.8) is 0 Å². The topological polar surface area (TPSA) is 220 Å². The van der Waals surface area contributed by atoms with E-state index in [0.29, 0.717) is 22.3 Å². The first-order valence-corrected chi connectivity index (χ1v) is 17.5. The van der Waals surface area contributed by atoms with Gasteiger partial charge < -0.3 is 11.7 Å². The number of benzene rings is 4. The molecular formula is C34H30N4O8S2. The number of hydrazone groups is 2. The molecule has 48 heavy (non-hydrogen) atoms. The van der Waals surface area contributed by atoms with Gasteiger partial charge in [0.25, 0.3) is 20.2 Å². The summed E-state index contributed by atoms with van der Waals surface area (Å²) in [4.78, 5) is 26.1. The van der Waals surface area contributed by atoms with Crippen molar-refractivity contribution in [2.75, 3.05) is 0 Å². The lowest BCUT2D eigenvalue weighted by molar-refractivity contribution is 0.105. The second kappa shape index (κ2) is 11.3. The molecule has 6 rings (SSSR count). The van der Waals surface area contributed by atoms with Gasteiger partial charge in [0, 0.05) is 24.0 Å². The van der Waals surface area contributed by atoms with Crippen molar-refractivity contribution in [2.24, 2.45) is 21.9 Å². The van der Waals surface area contributed by atoms with Crippen LogP contribution in [-0.2, 0) is 29.7 Å². The van der Waals surface area contributed by atoms with E-state index in [0.717, 1.165) is 0 Å². The quantitative estimate of drug-likeness (QED) is 0.134. The fourth-order valence-electron chi connectivity index (χ4n) is 7.22. The molecule has 0 saturated heterocycles. The van der Waals surface area contributed by atoms with Gasteiger partial charge in [0.2, 0.25) is 11.6 Å². The van der Waals surface area contributed by atoms with E-state index in [4.69, 9.17) is 11.7 Å². The summed E-state index contributed by atoms with van der Waals surface area (Å²) in [5.41, 5.74) is 2.49. The van der Waals surface area contributed by atoms with Crippen LogP contribution in [0, 0.1) is 13.8 Å². The molecule has 0 bridgehead atoms. The highest BCUT2D eigenvalue weighted by Crippen LogP contribution is 2.49. The first-order chi connectivity index (χ1) is 22.6. The molecule has 12 nitrogen and oxygen atoms in total. The molecule has 0 heterocycles. The zero-order valence-electron chi connectivity index (χ0n) is 25.7. The van der Waals surface area contributed by atoms with Crippen LogP contribution < -0.4 is 11.7 Å². The molecule has 2 atom stereocenters. The van der Waals surface area contributed by atoms with Crippen molar-refractivity contribution in [3.05, 3.63) is 129 Å². The molecule has 0 fully saturated rings. The summed E-state index contributed by atoms with van der Waals surface area (Å²) in [6.45, 7) is 3.34. The van der Waals surface area contributed by atoms with Gasteiger partial charge in [-0.2, -0.15) is 27.0 Å². The van der Waals surface area contributed by atoms with E-state index >= 15 is 0 Å². The van der Waals surface area contributed by atoms with Gasteiger partial charge in [-0.25, -0.2) is 0 Å². The van der Waals surface area contributed by atoms with Gasteiger partial charge in [0.05, 0.1) is 0 Å². The van der Waals surface area contributed by atoms with Crippen molar-refractivity contribution in [2.45, 2.75) is 36.2 Å². The van der Waals surface area contributed by atoms with Crippen LogP contribution in [0.4, 0.5) is 0 Å². The monoisotopic (exact) mass is 686 g/mol. The Kier molecular flexibility index (Phi) is 7.75. The van der Waals surface area contributed by atoms with Crippen LogP contribution in [-0.4, -0.2) is 48.9 Å². The first-order valence-electron chi connectivity index (χ1n) is 14.6. The fourth-order valence-corrected chi connectivity index (χ4v) is 9.78. The van der Waals surface area contributed by atoms with Crippen LogP contribution in [0.1, 0.15) is 66.9 Å². The third-order valence-electron chi connectivity index (χ3n) is 9.42. The highest BCUT2D eigenvalue weighted by molar-refractivity contribution is 7.87. The van der Waals surface area contributed by atoms with Crippen molar-refractivity contribution in [3.8, 4) is 11.1 Å². The molecule has 0 radical (unpaired) electrons. The lowest BCUT2D eigenvalue weighted by Gasteiger charge is -2.37. The van der Waals surface area contributed by atoms with Crippen molar-refractivity contribution >= 4 is 43.2 Å². The number of fused-ring (bicyclic) bond motifs is 2. The second-order valence-electron chi connectivity index (χ2n) is 11.9. The molecule has 4 aromatic rings. The van der Waals surface area contributed by atoms with E-state index < -0.39 is 54.1 Å². The zero-order valence-corrected chi connectivity index (χ0v) is 27.3. The van der Waals surface area contributed by atoms with E-state index in [1.165, 1.54) is 24.3 Å². The standard InChI is InChI=1S/C34H30N4O8S2/c1-19-15-21(11-13-25(19)33(47(41,42)43)17-29(37-35)31(39)23-7-3-5-9-27(23)33)22-12-14-26(20(2)16-22)34(48(44,45)46)18-30(38-36)32(40)24-8-4-6-10-28(24)34/h3-16H,17-18,35-36H2,1-2H3,(H,41,42,43)(H,44,45,46)/b37-29-,38-30+. The summed E-state index contributed by atoms with van der Waals surface area (Å²) in [6.07, 6.45) is -0.968. The lowest BCUT2D eigenvalue weighted by Crippen LogP contribution is -2.46.